The number of methoxy groups -OCH3 is 1. The molecular weight excluding hydrogens is 420 g/mol. The summed E-state index contributed by atoms with van der Waals surface area (Å²) in [6.07, 6.45) is 4.37. The van der Waals surface area contributed by atoms with E-state index in [2.05, 4.69) is 5.32 Å². The van der Waals surface area contributed by atoms with Crippen LogP contribution in [0, 0.1) is 0 Å². The number of carbonyl (C=O) groups is 3. The quantitative estimate of drug-likeness (QED) is 0.461. The van der Waals surface area contributed by atoms with E-state index in [9.17, 15) is 14.4 Å². The first-order valence-electron chi connectivity index (χ1n) is 11.1. The molecule has 1 unspecified atom stereocenters. The Bertz CT molecular complexity index is 996. The van der Waals surface area contributed by atoms with Crippen LogP contribution in [0.1, 0.15) is 50.3 Å². The number of esters is 1. The average molecular weight is 451 g/mol. The molecule has 0 aliphatic carbocycles. The fraction of sp³-hybridized carbons (Fsp3) is 0.346. The van der Waals surface area contributed by atoms with Gasteiger partial charge in [-0.3, -0.25) is 14.4 Å². The summed E-state index contributed by atoms with van der Waals surface area (Å²) in [5.41, 5.74) is 2.47. The van der Waals surface area contributed by atoms with Gasteiger partial charge in [-0.25, -0.2) is 0 Å². The first kappa shape index (κ1) is 24.0. The van der Waals surface area contributed by atoms with Crippen molar-refractivity contribution in [1.29, 1.82) is 0 Å². The average Bonchev–Trinajstić information content (AvgIpc) is 3.23. The highest BCUT2D eigenvalue weighted by molar-refractivity contribution is 5.95. The molecule has 0 radical (unpaired) electrons. The van der Waals surface area contributed by atoms with Crippen LogP contribution in [0.25, 0.3) is 6.08 Å². The number of ether oxygens (including phenoxy) is 2. The van der Waals surface area contributed by atoms with Crippen molar-refractivity contribution in [1.82, 2.24) is 5.32 Å². The molecule has 1 saturated heterocycles. The molecule has 1 aliphatic heterocycles. The predicted molar refractivity (Wildman–Crippen MR) is 127 cm³/mol. The van der Waals surface area contributed by atoms with Gasteiger partial charge in [0.15, 0.2) is 0 Å². The van der Waals surface area contributed by atoms with Gasteiger partial charge in [0.25, 0.3) is 0 Å². The fourth-order valence-corrected chi connectivity index (χ4v) is 3.64. The maximum atomic E-state index is 12.6. The molecule has 0 bridgehead atoms. The van der Waals surface area contributed by atoms with E-state index in [0.29, 0.717) is 12.2 Å². The number of carbonyl (C=O) groups excluding carboxylic acids is 3. The van der Waals surface area contributed by atoms with Gasteiger partial charge in [-0.1, -0.05) is 24.3 Å². The van der Waals surface area contributed by atoms with Gasteiger partial charge in [0.05, 0.1) is 25.7 Å². The van der Waals surface area contributed by atoms with Crippen LogP contribution in [0.5, 0.6) is 5.75 Å². The van der Waals surface area contributed by atoms with E-state index in [0.717, 1.165) is 29.8 Å². The van der Waals surface area contributed by atoms with Crippen molar-refractivity contribution < 1.29 is 23.9 Å². The van der Waals surface area contributed by atoms with Gasteiger partial charge < -0.3 is 19.7 Å². The number of nitrogens with zero attached hydrogens (tertiary/aromatic N) is 1. The van der Waals surface area contributed by atoms with Crippen LogP contribution < -0.4 is 15.0 Å². The molecule has 7 nitrogen and oxygen atoms in total. The van der Waals surface area contributed by atoms with Crippen molar-refractivity contribution >= 4 is 29.5 Å². The summed E-state index contributed by atoms with van der Waals surface area (Å²) in [6, 6.07) is 14.1. The lowest BCUT2D eigenvalue weighted by Gasteiger charge is -2.19. The Hall–Kier alpha value is -3.61. The Balaban J connectivity index is 1.66. The summed E-state index contributed by atoms with van der Waals surface area (Å²) in [5.74, 6) is 0.111. The topological polar surface area (TPSA) is 84.9 Å². The molecule has 7 heteroatoms. The Morgan fingerprint density at radius 2 is 1.79 bits per heavy atom. The van der Waals surface area contributed by atoms with E-state index in [4.69, 9.17) is 9.47 Å². The highest BCUT2D eigenvalue weighted by Gasteiger charge is 2.21. The molecule has 174 valence electrons. The number of hydrogen-bond donors (Lipinski definition) is 1. The smallest absolute Gasteiger partial charge is 0.308 e. The zero-order chi connectivity index (χ0) is 23.8. The minimum atomic E-state index is -0.539. The van der Waals surface area contributed by atoms with Crippen molar-refractivity contribution in [2.75, 3.05) is 18.6 Å². The molecule has 2 aromatic rings. The molecule has 0 spiro atoms. The highest BCUT2D eigenvalue weighted by atomic mass is 16.5. The monoisotopic (exact) mass is 450 g/mol. The molecule has 1 atom stereocenters. The lowest BCUT2D eigenvalue weighted by atomic mass is 10.0. The largest absolute Gasteiger partial charge is 0.497 e. The predicted octanol–water partition coefficient (Wildman–Crippen LogP) is 4.03. The van der Waals surface area contributed by atoms with Crippen molar-refractivity contribution in [3.05, 3.63) is 65.7 Å². The lowest BCUT2D eigenvalue weighted by Crippen LogP contribution is -2.29. The summed E-state index contributed by atoms with van der Waals surface area (Å²) in [7, 11) is 1.58. The maximum Gasteiger partial charge on any atom is 0.308 e. The zero-order valence-corrected chi connectivity index (χ0v) is 19.2. The highest BCUT2D eigenvalue weighted by Crippen LogP contribution is 2.23. The summed E-state index contributed by atoms with van der Waals surface area (Å²) in [5, 5.41) is 2.89. The fourth-order valence-electron chi connectivity index (χ4n) is 3.64. The number of anilines is 1. The summed E-state index contributed by atoms with van der Waals surface area (Å²) in [6.45, 7) is 4.31. The lowest BCUT2D eigenvalue weighted by molar-refractivity contribution is -0.148. The molecule has 2 aromatic carbocycles. The van der Waals surface area contributed by atoms with Crippen LogP contribution in [0.2, 0.25) is 0 Å². The van der Waals surface area contributed by atoms with Gasteiger partial charge in [0.1, 0.15) is 5.75 Å². The number of rotatable bonds is 9. The molecule has 1 aliphatic rings. The van der Waals surface area contributed by atoms with Gasteiger partial charge in [-0.05, 0) is 61.7 Å². The molecule has 33 heavy (non-hydrogen) atoms. The Labute approximate surface area is 194 Å². The van der Waals surface area contributed by atoms with Crippen LogP contribution >= 0.6 is 0 Å². The maximum absolute atomic E-state index is 12.6. The SMILES string of the molecule is COc1ccc(C(CC(=O)OC(C)C)NC(=O)/C=C/c2ccc(N3CCCC3=O)cc2)cc1. The second kappa shape index (κ2) is 11.3. The minimum absolute atomic E-state index is 0.0165. The second-order valence-corrected chi connectivity index (χ2v) is 8.15. The molecule has 1 N–H and O–H groups in total. The third kappa shape index (κ3) is 6.94. The number of benzene rings is 2. The van der Waals surface area contributed by atoms with Gasteiger partial charge in [0.2, 0.25) is 11.8 Å². The van der Waals surface area contributed by atoms with E-state index in [1.54, 1.807) is 44.1 Å². The molecule has 0 saturated carbocycles. The standard InChI is InChI=1S/C26H30N2O5/c1-18(2)33-26(31)17-23(20-9-13-22(32-3)14-10-20)27-24(29)15-8-19-6-11-21(12-7-19)28-16-4-5-25(28)30/h6-15,18,23H,4-5,16-17H2,1-3H3,(H,27,29)/b15-8+. The van der Waals surface area contributed by atoms with Gasteiger partial charge >= 0.3 is 5.97 Å². The first-order valence-corrected chi connectivity index (χ1v) is 11.1. The van der Waals surface area contributed by atoms with Crippen LogP contribution in [-0.2, 0) is 19.1 Å². The molecule has 0 aromatic heterocycles. The van der Waals surface area contributed by atoms with Crippen LogP contribution in [0.4, 0.5) is 5.69 Å². The molecular formula is C26H30N2O5. The summed E-state index contributed by atoms with van der Waals surface area (Å²) in [4.78, 5) is 38.5. The minimum Gasteiger partial charge on any atom is -0.497 e. The summed E-state index contributed by atoms with van der Waals surface area (Å²) >= 11 is 0. The van der Waals surface area contributed by atoms with Crippen molar-refractivity contribution in [2.24, 2.45) is 0 Å². The zero-order valence-electron chi connectivity index (χ0n) is 19.2. The molecule has 1 heterocycles. The van der Waals surface area contributed by atoms with Crippen molar-refractivity contribution in [3.8, 4) is 5.75 Å². The van der Waals surface area contributed by atoms with E-state index < -0.39 is 6.04 Å². The van der Waals surface area contributed by atoms with E-state index >= 15 is 0 Å². The van der Waals surface area contributed by atoms with Gasteiger partial charge in [-0.15, -0.1) is 0 Å². The third-order valence-corrected chi connectivity index (χ3v) is 5.28. The number of hydrogen-bond acceptors (Lipinski definition) is 5. The third-order valence-electron chi connectivity index (χ3n) is 5.28. The van der Waals surface area contributed by atoms with Gasteiger partial charge in [-0.2, -0.15) is 0 Å². The Morgan fingerprint density at radius 3 is 2.36 bits per heavy atom. The van der Waals surface area contributed by atoms with Crippen LogP contribution in [0.3, 0.4) is 0 Å². The molecule has 2 amide bonds. The first-order chi connectivity index (χ1) is 15.9. The van der Waals surface area contributed by atoms with Crippen LogP contribution in [0.15, 0.2) is 54.6 Å². The molecule has 1 fully saturated rings. The number of nitrogens with one attached hydrogen (secondary N) is 1. The van der Waals surface area contributed by atoms with E-state index in [1.807, 2.05) is 36.4 Å². The van der Waals surface area contributed by atoms with Crippen LogP contribution in [-0.4, -0.2) is 37.5 Å². The van der Waals surface area contributed by atoms with Crippen molar-refractivity contribution in [2.45, 2.75) is 45.3 Å². The number of amides is 2. The van der Waals surface area contributed by atoms with Gasteiger partial charge in [0, 0.05) is 24.7 Å². The molecule has 3 rings (SSSR count). The Morgan fingerprint density at radius 1 is 1.09 bits per heavy atom. The second-order valence-electron chi connectivity index (χ2n) is 8.15. The summed E-state index contributed by atoms with van der Waals surface area (Å²) < 4.78 is 10.4. The normalized spacial score (nSPS) is 14.5. The van der Waals surface area contributed by atoms with Crippen molar-refractivity contribution in [3.63, 3.8) is 0 Å². The van der Waals surface area contributed by atoms with E-state index in [1.165, 1.54) is 6.08 Å². The Kier molecular flexibility index (Phi) is 8.24. The van der Waals surface area contributed by atoms with E-state index in [-0.39, 0.29) is 30.3 Å².